The maximum Gasteiger partial charge on any atom is 0.318 e. The topological polar surface area (TPSA) is 54.4 Å². The van der Waals surface area contributed by atoms with Crippen molar-refractivity contribution in [3.63, 3.8) is 0 Å². The molecule has 0 bridgehead atoms. The second-order valence-corrected chi connectivity index (χ2v) is 3.13. The summed E-state index contributed by atoms with van der Waals surface area (Å²) in [6.07, 6.45) is 3.10. The van der Waals surface area contributed by atoms with Gasteiger partial charge in [0, 0.05) is 5.56 Å². The number of Topliss-reactive ketones (excluding diaryl/α,β-unsaturated/α-hetero) is 1. The fourth-order valence-electron chi connectivity index (χ4n) is 1.52. The monoisotopic (exact) mass is 188 g/mol. The van der Waals surface area contributed by atoms with Gasteiger partial charge in [0.15, 0.2) is 5.78 Å². The summed E-state index contributed by atoms with van der Waals surface area (Å²) in [5.41, 5.74) is 1.28. The molecule has 2 rings (SSSR count). The van der Waals surface area contributed by atoms with Gasteiger partial charge in [-0.1, -0.05) is 36.4 Å². The van der Waals surface area contributed by atoms with Crippen LogP contribution in [0, 0.1) is 5.92 Å². The molecule has 0 aliphatic heterocycles. The van der Waals surface area contributed by atoms with E-state index in [0.29, 0.717) is 5.56 Å². The molecule has 0 fully saturated rings. The fourth-order valence-corrected chi connectivity index (χ4v) is 1.52. The summed E-state index contributed by atoms with van der Waals surface area (Å²) in [4.78, 5) is 22.3. The van der Waals surface area contributed by atoms with Gasteiger partial charge in [-0.15, -0.1) is 0 Å². The molecule has 1 atom stereocenters. The lowest BCUT2D eigenvalue weighted by molar-refractivity contribution is -0.138. The number of rotatable bonds is 1. The van der Waals surface area contributed by atoms with Crippen LogP contribution >= 0.6 is 0 Å². The number of aliphatic carboxylic acids is 1. The van der Waals surface area contributed by atoms with Crippen molar-refractivity contribution in [1.82, 2.24) is 0 Å². The Hall–Kier alpha value is -1.90. The number of fused-ring (bicyclic) bond motifs is 1. The lowest BCUT2D eigenvalue weighted by Gasteiger charge is -2.13. The predicted molar refractivity (Wildman–Crippen MR) is 50.9 cm³/mol. The Morgan fingerprint density at radius 2 is 2.00 bits per heavy atom. The van der Waals surface area contributed by atoms with E-state index in [0.717, 1.165) is 5.56 Å². The first-order valence-electron chi connectivity index (χ1n) is 4.24. The molecular formula is C11H8O3. The zero-order chi connectivity index (χ0) is 10.1. The molecule has 3 heteroatoms. The van der Waals surface area contributed by atoms with Crippen molar-refractivity contribution in [2.45, 2.75) is 0 Å². The lowest BCUT2D eigenvalue weighted by Crippen LogP contribution is -2.24. The van der Waals surface area contributed by atoms with Crippen molar-refractivity contribution in [3.8, 4) is 0 Å². The molecule has 14 heavy (non-hydrogen) atoms. The molecule has 1 aliphatic carbocycles. The van der Waals surface area contributed by atoms with Gasteiger partial charge in [-0.2, -0.15) is 0 Å². The SMILES string of the molecule is O=C(O)C1C=Cc2ccccc2C1=O. The quantitative estimate of drug-likeness (QED) is 0.681. The van der Waals surface area contributed by atoms with E-state index < -0.39 is 11.9 Å². The molecule has 1 unspecified atom stereocenters. The zero-order valence-electron chi connectivity index (χ0n) is 7.31. The van der Waals surface area contributed by atoms with Crippen LogP contribution in [0.3, 0.4) is 0 Å². The van der Waals surface area contributed by atoms with Gasteiger partial charge in [0.2, 0.25) is 0 Å². The van der Waals surface area contributed by atoms with Crippen LogP contribution in [-0.2, 0) is 4.79 Å². The Morgan fingerprint density at radius 3 is 2.71 bits per heavy atom. The van der Waals surface area contributed by atoms with E-state index in [1.165, 1.54) is 6.08 Å². The number of carbonyl (C=O) groups excluding carboxylic acids is 1. The molecule has 0 saturated carbocycles. The molecule has 1 aromatic carbocycles. The minimum Gasteiger partial charge on any atom is -0.480 e. The first kappa shape index (κ1) is 8.69. The zero-order valence-corrected chi connectivity index (χ0v) is 7.31. The fraction of sp³-hybridized carbons (Fsp3) is 0.0909. The summed E-state index contributed by atoms with van der Waals surface area (Å²) in [6.45, 7) is 0. The summed E-state index contributed by atoms with van der Waals surface area (Å²) in [5, 5.41) is 8.76. The molecule has 0 spiro atoms. The second kappa shape index (κ2) is 3.10. The number of carboxylic acids is 1. The van der Waals surface area contributed by atoms with Gasteiger partial charge in [0.1, 0.15) is 5.92 Å². The minimum atomic E-state index is -1.10. The van der Waals surface area contributed by atoms with Gasteiger partial charge in [-0.3, -0.25) is 9.59 Å². The second-order valence-electron chi connectivity index (χ2n) is 3.13. The highest BCUT2D eigenvalue weighted by molar-refractivity contribution is 6.13. The van der Waals surface area contributed by atoms with Crippen molar-refractivity contribution in [3.05, 3.63) is 41.5 Å². The van der Waals surface area contributed by atoms with Crippen molar-refractivity contribution in [1.29, 1.82) is 0 Å². The number of carboxylic acid groups (broad SMARTS) is 1. The molecule has 0 saturated heterocycles. The lowest BCUT2D eigenvalue weighted by atomic mass is 9.88. The highest BCUT2D eigenvalue weighted by atomic mass is 16.4. The molecule has 3 nitrogen and oxygen atoms in total. The highest BCUT2D eigenvalue weighted by Gasteiger charge is 2.28. The number of carbonyl (C=O) groups is 2. The van der Waals surface area contributed by atoms with Gasteiger partial charge >= 0.3 is 5.97 Å². The minimum absolute atomic E-state index is 0.337. The molecule has 0 amide bonds. The van der Waals surface area contributed by atoms with Crippen LogP contribution < -0.4 is 0 Å². The van der Waals surface area contributed by atoms with E-state index >= 15 is 0 Å². The Morgan fingerprint density at radius 1 is 1.29 bits per heavy atom. The van der Waals surface area contributed by atoms with Crippen LogP contribution in [0.4, 0.5) is 0 Å². The molecule has 0 aromatic heterocycles. The van der Waals surface area contributed by atoms with Crippen LogP contribution in [0.2, 0.25) is 0 Å². The normalized spacial score (nSPS) is 19.1. The molecule has 1 aliphatic rings. The first-order valence-corrected chi connectivity index (χ1v) is 4.24. The van der Waals surface area contributed by atoms with E-state index in [1.807, 2.05) is 6.07 Å². The first-order chi connectivity index (χ1) is 6.70. The highest BCUT2D eigenvalue weighted by Crippen LogP contribution is 2.22. The largest absolute Gasteiger partial charge is 0.480 e. The van der Waals surface area contributed by atoms with Gasteiger partial charge in [0.25, 0.3) is 0 Å². The summed E-state index contributed by atoms with van der Waals surface area (Å²) in [6, 6.07) is 6.99. The van der Waals surface area contributed by atoms with Crippen LogP contribution in [0.25, 0.3) is 6.08 Å². The smallest absolute Gasteiger partial charge is 0.318 e. The van der Waals surface area contributed by atoms with Crippen LogP contribution in [0.15, 0.2) is 30.3 Å². The Bertz CT molecular complexity index is 432. The van der Waals surface area contributed by atoms with Crippen LogP contribution in [-0.4, -0.2) is 16.9 Å². The van der Waals surface area contributed by atoms with Crippen molar-refractivity contribution >= 4 is 17.8 Å². The third kappa shape index (κ3) is 1.23. The number of benzene rings is 1. The summed E-state index contributed by atoms with van der Waals surface area (Å²) in [5.74, 6) is -2.46. The Balaban J connectivity index is 2.50. The molecule has 1 N–H and O–H groups in total. The summed E-state index contributed by atoms with van der Waals surface area (Å²) >= 11 is 0. The number of hydrogen-bond acceptors (Lipinski definition) is 2. The van der Waals surface area contributed by atoms with E-state index in [-0.39, 0.29) is 5.78 Å². The standard InChI is InChI=1S/C11H8O3/c12-10-8-4-2-1-3-7(8)5-6-9(10)11(13)14/h1-6,9H,(H,13,14). The van der Waals surface area contributed by atoms with Gasteiger partial charge in [0.05, 0.1) is 0 Å². The predicted octanol–water partition coefficient (Wildman–Crippen LogP) is 1.60. The molecular weight excluding hydrogens is 180 g/mol. The summed E-state index contributed by atoms with van der Waals surface area (Å²) in [7, 11) is 0. The third-order valence-corrected chi connectivity index (χ3v) is 2.24. The van der Waals surface area contributed by atoms with Gasteiger partial charge < -0.3 is 5.11 Å². The van der Waals surface area contributed by atoms with E-state index in [4.69, 9.17) is 5.11 Å². The average Bonchev–Trinajstić information content (AvgIpc) is 2.18. The Labute approximate surface area is 80.7 Å². The molecule has 1 aromatic rings. The number of hydrogen-bond donors (Lipinski definition) is 1. The van der Waals surface area contributed by atoms with Crippen molar-refractivity contribution in [2.75, 3.05) is 0 Å². The molecule has 0 heterocycles. The maximum absolute atomic E-state index is 11.6. The van der Waals surface area contributed by atoms with Crippen molar-refractivity contribution in [2.24, 2.45) is 5.92 Å². The van der Waals surface area contributed by atoms with Crippen LogP contribution in [0.5, 0.6) is 0 Å². The van der Waals surface area contributed by atoms with E-state index in [9.17, 15) is 9.59 Å². The average molecular weight is 188 g/mol. The van der Waals surface area contributed by atoms with Crippen LogP contribution in [0.1, 0.15) is 15.9 Å². The summed E-state index contributed by atoms with van der Waals surface area (Å²) < 4.78 is 0. The number of ketones is 1. The van der Waals surface area contributed by atoms with E-state index in [2.05, 4.69) is 0 Å². The molecule has 70 valence electrons. The van der Waals surface area contributed by atoms with Gasteiger partial charge in [-0.25, -0.2) is 0 Å². The molecule has 0 radical (unpaired) electrons. The van der Waals surface area contributed by atoms with Gasteiger partial charge in [-0.05, 0) is 5.56 Å². The van der Waals surface area contributed by atoms with E-state index in [1.54, 1.807) is 24.3 Å². The Kier molecular flexibility index (Phi) is 1.93. The third-order valence-electron chi connectivity index (χ3n) is 2.24. The van der Waals surface area contributed by atoms with Crippen molar-refractivity contribution < 1.29 is 14.7 Å². The maximum atomic E-state index is 11.6.